The van der Waals surface area contributed by atoms with E-state index in [4.69, 9.17) is 4.74 Å². The van der Waals surface area contributed by atoms with Crippen LogP contribution < -0.4 is 5.32 Å². The first-order valence-corrected chi connectivity index (χ1v) is 4.68. The lowest BCUT2D eigenvalue weighted by atomic mass is 9.97. The molecule has 0 bridgehead atoms. The first-order valence-electron chi connectivity index (χ1n) is 4.68. The Morgan fingerprint density at radius 1 is 1.64 bits per heavy atom. The van der Waals surface area contributed by atoms with Crippen LogP contribution in [0.1, 0.15) is 19.1 Å². The van der Waals surface area contributed by atoms with Gasteiger partial charge in [0.2, 0.25) is 11.9 Å². The Balaban J connectivity index is 2.04. The molecular weight excluding hydrogens is 184 g/mol. The fourth-order valence-corrected chi connectivity index (χ4v) is 2.00. The normalized spacial score (nSPS) is 30.4. The maximum Gasteiger partial charge on any atom is 0.234 e. The summed E-state index contributed by atoms with van der Waals surface area (Å²) in [6.45, 7) is 0.688. The van der Waals surface area contributed by atoms with Crippen LogP contribution in [0.2, 0.25) is 0 Å². The van der Waals surface area contributed by atoms with E-state index in [-0.39, 0.29) is 18.1 Å². The van der Waals surface area contributed by atoms with E-state index in [0.717, 1.165) is 12.8 Å². The number of ether oxygens (including phenoxy) is 1. The maximum absolute atomic E-state index is 11.6. The van der Waals surface area contributed by atoms with E-state index in [0.29, 0.717) is 12.6 Å². The van der Waals surface area contributed by atoms with Gasteiger partial charge in [-0.3, -0.25) is 10.1 Å². The lowest BCUT2D eigenvalue weighted by molar-refractivity contribution is -0.139. The van der Waals surface area contributed by atoms with Crippen molar-refractivity contribution in [1.29, 1.82) is 0 Å². The fourth-order valence-electron chi connectivity index (χ4n) is 2.00. The van der Waals surface area contributed by atoms with E-state index in [1.165, 1.54) is 6.33 Å². The summed E-state index contributed by atoms with van der Waals surface area (Å²) < 4.78 is 7.18. The minimum atomic E-state index is -0.255. The lowest BCUT2D eigenvalue weighted by Crippen LogP contribution is -2.41. The number of anilines is 1. The molecule has 3 heterocycles. The summed E-state index contributed by atoms with van der Waals surface area (Å²) >= 11 is 0. The number of aromatic nitrogens is 3. The number of carbonyl (C=O) groups is 1. The van der Waals surface area contributed by atoms with E-state index in [9.17, 15) is 4.79 Å². The molecule has 1 saturated heterocycles. The Kier molecular flexibility index (Phi) is 1.57. The number of carbonyl (C=O) groups excluding carboxylic acids is 1. The largest absolute Gasteiger partial charge is 0.356 e. The molecule has 14 heavy (non-hydrogen) atoms. The molecule has 6 heteroatoms. The van der Waals surface area contributed by atoms with Gasteiger partial charge in [0, 0.05) is 6.61 Å². The summed E-state index contributed by atoms with van der Waals surface area (Å²) in [5.74, 6) is 0.367. The number of nitrogens with zero attached hydrogens (tertiary/aromatic N) is 3. The van der Waals surface area contributed by atoms with Crippen LogP contribution in [-0.4, -0.2) is 27.3 Å². The van der Waals surface area contributed by atoms with Gasteiger partial charge in [0.25, 0.3) is 0 Å². The van der Waals surface area contributed by atoms with Crippen molar-refractivity contribution in [2.75, 3.05) is 11.9 Å². The van der Waals surface area contributed by atoms with E-state index in [1.807, 2.05) is 0 Å². The third-order valence-corrected chi connectivity index (χ3v) is 2.68. The van der Waals surface area contributed by atoms with Crippen LogP contribution >= 0.6 is 0 Å². The molecule has 1 aromatic rings. The van der Waals surface area contributed by atoms with E-state index < -0.39 is 0 Å². The van der Waals surface area contributed by atoms with Gasteiger partial charge in [-0.15, -0.1) is 0 Å². The molecule has 74 valence electrons. The molecule has 1 fully saturated rings. The summed E-state index contributed by atoms with van der Waals surface area (Å²) in [5.41, 5.74) is 0. The van der Waals surface area contributed by atoms with Gasteiger partial charge in [-0.1, -0.05) is 0 Å². The highest BCUT2D eigenvalue weighted by Crippen LogP contribution is 2.34. The third kappa shape index (κ3) is 0.971. The maximum atomic E-state index is 11.6. The SMILES string of the molecule is O=C1Nc2ncnn2C2OCCCC12. The second kappa shape index (κ2) is 2.78. The number of hydrogen-bond donors (Lipinski definition) is 1. The fraction of sp³-hybridized carbons (Fsp3) is 0.625. The molecule has 2 aliphatic heterocycles. The average Bonchev–Trinajstić information content (AvgIpc) is 2.66. The van der Waals surface area contributed by atoms with Crippen molar-refractivity contribution in [2.24, 2.45) is 5.92 Å². The van der Waals surface area contributed by atoms with Crippen molar-refractivity contribution in [1.82, 2.24) is 14.8 Å². The summed E-state index contributed by atoms with van der Waals surface area (Å²) in [7, 11) is 0. The Labute approximate surface area is 80.3 Å². The van der Waals surface area contributed by atoms with Crippen LogP contribution in [0.4, 0.5) is 5.95 Å². The molecule has 0 saturated carbocycles. The standard InChI is InChI=1S/C8H10N4O2/c13-6-5-2-1-3-14-7(5)12-8(11-6)9-4-10-12/h4-5,7H,1-3H2,(H,9,10,11,13). The van der Waals surface area contributed by atoms with Crippen LogP contribution in [0.15, 0.2) is 6.33 Å². The Bertz CT molecular complexity index is 375. The minimum Gasteiger partial charge on any atom is -0.356 e. The molecule has 2 unspecified atom stereocenters. The van der Waals surface area contributed by atoms with Gasteiger partial charge >= 0.3 is 0 Å². The van der Waals surface area contributed by atoms with Crippen LogP contribution in [0, 0.1) is 5.92 Å². The summed E-state index contributed by atoms with van der Waals surface area (Å²) in [6, 6.07) is 0. The molecule has 0 spiro atoms. The average molecular weight is 194 g/mol. The van der Waals surface area contributed by atoms with Gasteiger partial charge in [-0.05, 0) is 12.8 Å². The number of hydrogen-bond acceptors (Lipinski definition) is 4. The molecule has 0 aromatic carbocycles. The topological polar surface area (TPSA) is 69.0 Å². The third-order valence-electron chi connectivity index (χ3n) is 2.68. The first kappa shape index (κ1) is 7.93. The van der Waals surface area contributed by atoms with E-state index >= 15 is 0 Å². The van der Waals surface area contributed by atoms with Crippen molar-refractivity contribution in [3.63, 3.8) is 0 Å². The molecular formula is C8H10N4O2. The predicted octanol–water partition coefficient (Wildman–Crippen LogP) is 0.155. The highest BCUT2D eigenvalue weighted by atomic mass is 16.5. The van der Waals surface area contributed by atoms with Crippen LogP contribution in [-0.2, 0) is 9.53 Å². The van der Waals surface area contributed by atoms with Crippen LogP contribution in [0.5, 0.6) is 0 Å². The summed E-state index contributed by atoms with van der Waals surface area (Å²) in [6.07, 6.45) is 2.96. The lowest BCUT2D eigenvalue weighted by Gasteiger charge is -2.34. The van der Waals surface area contributed by atoms with Crippen LogP contribution in [0.3, 0.4) is 0 Å². The van der Waals surface area contributed by atoms with Gasteiger partial charge in [0.05, 0.1) is 5.92 Å². The van der Waals surface area contributed by atoms with Crippen molar-refractivity contribution in [3.05, 3.63) is 6.33 Å². The zero-order valence-electron chi connectivity index (χ0n) is 7.51. The molecule has 1 aromatic heterocycles. The molecule has 6 nitrogen and oxygen atoms in total. The molecule has 2 aliphatic rings. The van der Waals surface area contributed by atoms with Gasteiger partial charge in [0.15, 0.2) is 6.23 Å². The minimum absolute atomic E-state index is 0.00444. The zero-order chi connectivity index (χ0) is 9.54. The van der Waals surface area contributed by atoms with E-state index in [1.54, 1.807) is 4.68 Å². The van der Waals surface area contributed by atoms with Gasteiger partial charge < -0.3 is 4.74 Å². The number of rotatable bonds is 0. The van der Waals surface area contributed by atoms with Crippen molar-refractivity contribution in [3.8, 4) is 0 Å². The molecule has 2 atom stereocenters. The van der Waals surface area contributed by atoms with Crippen molar-refractivity contribution < 1.29 is 9.53 Å². The molecule has 3 rings (SSSR count). The highest BCUT2D eigenvalue weighted by Gasteiger charge is 2.39. The second-order valence-electron chi connectivity index (χ2n) is 3.53. The van der Waals surface area contributed by atoms with Gasteiger partial charge in [-0.25, -0.2) is 4.68 Å². The van der Waals surface area contributed by atoms with Crippen LogP contribution in [0.25, 0.3) is 0 Å². The highest BCUT2D eigenvalue weighted by molar-refractivity contribution is 5.92. The summed E-state index contributed by atoms with van der Waals surface area (Å²) in [4.78, 5) is 15.6. The summed E-state index contributed by atoms with van der Waals surface area (Å²) in [5, 5.41) is 6.75. The monoisotopic (exact) mass is 194 g/mol. The van der Waals surface area contributed by atoms with Gasteiger partial charge in [-0.2, -0.15) is 10.1 Å². The number of fused-ring (bicyclic) bond motifs is 3. The van der Waals surface area contributed by atoms with Crippen molar-refractivity contribution >= 4 is 11.9 Å². The molecule has 1 amide bonds. The number of amides is 1. The first-order chi connectivity index (χ1) is 6.86. The molecule has 0 radical (unpaired) electrons. The quantitative estimate of drug-likeness (QED) is 0.638. The Morgan fingerprint density at radius 2 is 2.57 bits per heavy atom. The predicted molar refractivity (Wildman–Crippen MR) is 46.4 cm³/mol. The van der Waals surface area contributed by atoms with Gasteiger partial charge in [0.1, 0.15) is 6.33 Å². The number of nitrogens with one attached hydrogen (secondary N) is 1. The molecule has 0 aliphatic carbocycles. The molecule has 1 N–H and O–H groups in total. The Hall–Kier alpha value is -1.43. The van der Waals surface area contributed by atoms with E-state index in [2.05, 4.69) is 15.4 Å². The van der Waals surface area contributed by atoms with Crippen molar-refractivity contribution in [2.45, 2.75) is 19.1 Å². The zero-order valence-corrected chi connectivity index (χ0v) is 7.51. The second-order valence-corrected chi connectivity index (χ2v) is 3.53. The Morgan fingerprint density at radius 3 is 3.50 bits per heavy atom. The smallest absolute Gasteiger partial charge is 0.234 e.